The monoisotopic (exact) mass is 334 g/mol. The highest BCUT2D eigenvalue weighted by atomic mass is 32.1. The number of furan rings is 1. The number of thiazole rings is 1. The molecule has 1 unspecified atom stereocenters. The summed E-state index contributed by atoms with van der Waals surface area (Å²) in [5.74, 6) is 1.58. The van der Waals surface area contributed by atoms with Gasteiger partial charge in [-0.3, -0.25) is 4.79 Å². The number of aliphatic hydroxyl groups is 1. The maximum atomic E-state index is 12.9. The normalized spacial score (nSPS) is 18.4. The average Bonchev–Trinajstić information content (AvgIpc) is 3.13. The Bertz CT molecular complexity index is 690. The summed E-state index contributed by atoms with van der Waals surface area (Å²) < 4.78 is 5.61. The fourth-order valence-corrected chi connectivity index (χ4v) is 4.08. The molecule has 124 valence electrons. The molecule has 1 N–H and O–H groups in total. The van der Waals surface area contributed by atoms with Crippen molar-refractivity contribution >= 4 is 17.2 Å². The van der Waals surface area contributed by atoms with E-state index in [0.29, 0.717) is 17.1 Å². The fraction of sp³-hybridized carbons (Fsp3) is 0.529. The zero-order valence-electron chi connectivity index (χ0n) is 13.5. The van der Waals surface area contributed by atoms with E-state index < -0.39 is 0 Å². The minimum Gasteiger partial charge on any atom is -0.459 e. The van der Waals surface area contributed by atoms with Gasteiger partial charge in [0.1, 0.15) is 10.6 Å². The third-order valence-corrected chi connectivity index (χ3v) is 5.45. The number of likely N-dealkylation sites (tertiary alicyclic amines) is 1. The van der Waals surface area contributed by atoms with Gasteiger partial charge in [0, 0.05) is 19.2 Å². The van der Waals surface area contributed by atoms with Crippen LogP contribution in [0.2, 0.25) is 0 Å². The van der Waals surface area contributed by atoms with E-state index in [1.165, 1.54) is 11.3 Å². The predicted octanol–water partition coefficient (Wildman–Crippen LogP) is 3.40. The molecule has 0 bridgehead atoms. The van der Waals surface area contributed by atoms with E-state index in [0.717, 1.165) is 42.3 Å². The molecule has 0 spiro atoms. The number of aryl methyl sites for hydroxylation is 2. The second-order valence-electron chi connectivity index (χ2n) is 6.00. The lowest BCUT2D eigenvalue weighted by Crippen LogP contribution is -2.44. The van der Waals surface area contributed by atoms with E-state index in [-0.39, 0.29) is 18.6 Å². The minimum absolute atomic E-state index is 0.0349. The molecule has 1 amide bonds. The van der Waals surface area contributed by atoms with E-state index in [1.807, 2.05) is 30.9 Å². The topological polar surface area (TPSA) is 66.6 Å². The highest BCUT2D eigenvalue weighted by molar-refractivity contribution is 7.17. The zero-order chi connectivity index (χ0) is 16.4. The predicted molar refractivity (Wildman–Crippen MR) is 89.7 cm³/mol. The largest absolute Gasteiger partial charge is 0.459 e. The van der Waals surface area contributed by atoms with Crippen LogP contribution in [0.3, 0.4) is 0 Å². The Kier molecular flexibility index (Phi) is 4.82. The van der Waals surface area contributed by atoms with Crippen LogP contribution in [0.5, 0.6) is 0 Å². The third kappa shape index (κ3) is 3.33. The number of nitrogens with zero attached hydrogens (tertiary/aromatic N) is 2. The first-order chi connectivity index (χ1) is 11.1. The van der Waals surface area contributed by atoms with Crippen LogP contribution in [0.25, 0.3) is 10.8 Å². The second kappa shape index (κ2) is 6.84. The molecule has 23 heavy (non-hydrogen) atoms. The van der Waals surface area contributed by atoms with Crippen molar-refractivity contribution in [1.82, 2.24) is 9.88 Å². The molecule has 3 heterocycles. The molecule has 0 radical (unpaired) electrons. The van der Waals surface area contributed by atoms with Gasteiger partial charge in [-0.15, -0.1) is 11.3 Å². The highest BCUT2D eigenvalue weighted by Gasteiger charge is 2.29. The Hall–Kier alpha value is -1.66. The molecular weight excluding hydrogens is 312 g/mol. The summed E-state index contributed by atoms with van der Waals surface area (Å²) in [6.45, 7) is 4.64. The van der Waals surface area contributed by atoms with Crippen LogP contribution in [0.4, 0.5) is 0 Å². The van der Waals surface area contributed by atoms with Crippen LogP contribution in [0.15, 0.2) is 16.5 Å². The van der Waals surface area contributed by atoms with Crippen molar-refractivity contribution in [3.05, 3.63) is 28.5 Å². The number of aromatic nitrogens is 1. The molecular formula is C17H22N2O3S. The van der Waals surface area contributed by atoms with E-state index in [2.05, 4.69) is 4.98 Å². The lowest BCUT2D eigenvalue weighted by Gasteiger charge is -2.35. The van der Waals surface area contributed by atoms with E-state index in [4.69, 9.17) is 4.42 Å². The summed E-state index contributed by atoms with van der Waals surface area (Å²) in [4.78, 5) is 20.0. The van der Waals surface area contributed by atoms with Crippen molar-refractivity contribution < 1.29 is 14.3 Å². The number of amides is 1. The summed E-state index contributed by atoms with van der Waals surface area (Å²) >= 11 is 1.39. The molecule has 0 aromatic carbocycles. The maximum absolute atomic E-state index is 12.9. The van der Waals surface area contributed by atoms with Crippen LogP contribution in [0.1, 0.15) is 46.8 Å². The van der Waals surface area contributed by atoms with Gasteiger partial charge < -0.3 is 14.4 Å². The lowest BCUT2D eigenvalue weighted by molar-refractivity contribution is 0.0578. The SMILES string of the molecule is Cc1ccc(-c2nc(C)c(C(=O)N3CCCCC3CCO)s2)o1. The number of hydrogen-bond acceptors (Lipinski definition) is 5. The van der Waals surface area contributed by atoms with Crippen LogP contribution < -0.4 is 0 Å². The van der Waals surface area contributed by atoms with Crippen molar-refractivity contribution in [3.8, 4) is 10.8 Å². The number of carbonyl (C=O) groups excluding carboxylic acids is 1. The first kappa shape index (κ1) is 16.2. The van der Waals surface area contributed by atoms with Gasteiger partial charge in [0.15, 0.2) is 10.8 Å². The van der Waals surface area contributed by atoms with Crippen LogP contribution in [-0.4, -0.2) is 40.1 Å². The van der Waals surface area contributed by atoms with Gasteiger partial charge in [0.2, 0.25) is 0 Å². The Morgan fingerprint density at radius 1 is 1.43 bits per heavy atom. The fourth-order valence-electron chi connectivity index (χ4n) is 3.10. The molecule has 1 fully saturated rings. The van der Waals surface area contributed by atoms with Gasteiger partial charge in [-0.25, -0.2) is 4.98 Å². The molecule has 5 nitrogen and oxygen atoms in total. The van der Waals surface area contributed by atoms with Gasteiger partial charge in [0.05, 0.1) is 5.69 Å². The van der Waals surface area contributed by atoms with Crippen molar-refractivity contribution in [2.24, 2.45) is 0 Å². The number of aliphatic hydroxyl groups excluding tert-OH is 1. The number of piperidine rings is 1. The lowest BCUT2D eigenvalue weighted by atomic mass is 9.99. The molecule has 0 saturated carbocycles. The molecule has 2 aromatic rings. The van der Waals surface area contributed by atoms with Gasteiger partial charge in [0.25, 0.3) is 5.91 Å². The first-order valence-corrected chi connectivity index (χ1v) is 8.88. The smallest absolute Gasteiger partial charge is 0.266 e. The van der Waals surface area contributed by atoms with Gasteiger partial charge >= 0.3 is 0 Å². The molecule has 1 atom stereocenters. The average molecular weight is 334 g/mol. The van der Waals surface area contributed by atoms with Crippen molar-refractivity contribution in [1.29, 1.82) is 0 Å². The summed E-state index contributed by atoms with van der Waals surface area (Å²) in [6, 6.07) is 3.92. The molecule has 0 aliphatic carbocycles. The zero-order valence-corrected chi connectivity index (χ0v) is 14.4. The quantitative estimate of drug-likeness (QED) is 0.930. The Morgan fingerprint density at radius 2 is 2.26 bits per heavy atom. The number of carbonyl (C=O) groups is 1. The number of rotatable bonds is 4. The maximum Gasteiger partial charge on any atom is 0.266 e. The first-order valence-electron chi connectivity index (χ1n) is 8.06. The Labute approximate surface area is 140 Å². The van der Waals surface area contributed by atoms with Gasteiger partial charge in [-0.05, 0) is 51.7 Å². The van der Waals surface area contributed by atoms with Crippen LogP contribution in [-0.2, 0) is 0 Å². The highest BCUT2D eigenvalue weighted by Crippen LogP contribution is 2.31. The van der Waals surface area contributed by atoms with Crippen LogP contribution in [0, 0.1) is 13.8 Å². The standard InChI is InChI=1S/C17H22N2O3S/c1-11-6-7-14(22-11)16-18-12(2)15(23-16)17(21)19-9-4-3-5-13(19)8-10-20/h6-7,13,20H,3-5,8-10H2,1-2H3. The summed E-state index contributed by atoms with van der Waals surface area (Å²) in [5, 5.41) is 9.98. The van der Waals surface area contributed by atoms with E-state index >= 15 is 0 Å². The molecule has 6 heteroatoms. The summed E-state index contributed by atoms with van der Waals surface area (Å²) in [5.41, 5.74) is 0.748. The third-order valence-electron chi connectivity index (χ3n) is 4.29. The molecule has 2 aromatic heterocycles. The molecule has 1 saturated heterocycles. The summed E-state index contributed by atoms with van der Waals surface area (Å²) in [7, 11) is 0. The van der Waals surface area contributed by atoms with Crippen molar-refractivity contribution in [3.63, 3.8) is 0 Å². The second-order valence-corrected chi connectivity index (χ2v) is 7.00. The molecule has 1 aliphatic rings. The minimum atomic E-state index is 0.0349. The molecule has 3 rings (SSSR count). The van der Waals surface area contributed by atoms with Crippen LogP contribution >= 0.6 is 11.3 Å². The Morgan fingerprint density at radius 3 is 2.96 bits per heavy atom. The van der Waals surface area contributed by atoms with Crippen molar-refractivity contribution in [2.45, 2.75) is 45.6 Å². The van der Waals surface area contributed by atoms with E-state index in [9.17, 15) is 9.90 Å². The molecule has 1 aliphatic heterocycles. The Balaban J connectivity index is 1.85. The van der Waals surface area contributed by atoms with Gasteiger partial charge in [-0.2, -0.15) is 0 Å². The van der Waals surface area contributed by atoms with Crippen molar-refractivity contribution in [2.75, 3.05) is 13.2 Å². The summed E-state index contributed by atoms with van der Waals surface area (Å²) in [6.07, 6.45) is 3.75. The van der Waals surface area contributed by atoms with Gasteiger partial charge in [-0.1, -0.05) is 0 Å². The number of hydrogen-bond donors (Lipinski definition) is 1. The van der Waals surface area contributed by atoms with E-state index in [1.54, 1.807) is 0 Å².